The van der Waals surface area contributed by atoms with Crippen molar-refractivity contribution in [2.45, 2.75) is 13.5 Å². The first-order chi connectivity index (χ1) is 15.9. The van der Waals surface area contributed by atoms with Crippen LogP contribution >= 0.6 is 11.3 Å². The van der Waals surface area contributed by atoms with Crippen LogP contribution in [0.1, 0.15) is 15.4 Å². The fourth-order valence-electron chi connectivity index (χ4n) is 3.26. The van der Waals surface area contributed by atoms with Crippen LogP contribution in [0.4, 0.5) is 5.69 Å². The first kappa shape index (κ1) is 22.2. The maximum atomic E-state index is 13.0. The van der Waals surface area contributed by atoms with Crippen molar-refractivity contribution < 1.29 is 19.1 Å². The Bertz CT molecular complexity index is 1390. The minimum absolute atomic E-state index is 0.272. The summed E-state index contributed by atoms with van der Waals surface area (Å²) in [6.07, 6.45) is 0. The number of rotatable bonds is 6. The fraction of sp³-hybridized carbons (Fsp3) is 0.174. The molecule has 9 nitrogen and oxygen atoms in total. The predicted octanol–water partition coefficient (Wildman–Crippen LogP) is 3.26. The predicted molar refractivity (Wildman–Crippen MR) is 125 cm³/mol. The quantitative estimate of drug-likeness (QED) is 0.436. The number of aryl methyl sites for hydroxylation is 1. The van der Waals surface area contributed by atoms with Crippen molar-refractivity contribution in [3.8, 4) is 17.0 Å². The summed E-state index contributed by atoms with van der Waals surface area (Å²) >= 11 is 1.38. The van der Waals surface area contributed by atoms with Gasteiger partial charge >= 0.3 is 5.97 Å². The molecule has 2 aromatic heterocycles. The van der Waals surface area contributed by atoms with E-state index < -0.39 is 17.4 Å². The van der Waals surface area contributed by atoms with Gasteiger partial charge in [-0.3, -0.25) is 9.59 Å². The van der Waals surface area contributed by atoms with Crippen molar-refractivity contribution in [2.24, 2.45) is 0 Å². The molecule has 10 heteroatoms. The van der Waals surface area contributed by atoms with Gasteiger partial charge in [-0.05, 0) is 55.5 Å². The number of fused-ring (bicyclic) bond motifs is 1. The van der Waals surface area contributed by atoms with E-state index in [1.54, 1.807) is 31.4 Å². The van der Waals surface area contributed by atoms with E-state index in [0.29, 0.717) is 27.4 Å². The molecule has 0 aliphatic heterocycles. The highest BCUT2D eigenvalue weighted by Gasteiger charge is 2.18. The first-order valence-electron chi connectivity index (χ1n) is 9.90. The summed E-state index contributed by atoms with van der Waals surface area (Å²) < 4.78 is 11.6. The highest BCUT2D eigenvalue weighted by Crippen LogP contribution is 2.30. The summed E-state index contributed by atoms with van der Waals surface area (Å²) in [4.78, 5) is 41.5. The topological polar surface area (TPSA) is 112 Å². The van der Waals surface area contributed by atoms with Gasteiger partial charge < -0.3 is 14.8 Å². The average molecular weight is 465 g/mol. The normalized spacial score (nSPS) is 10.8. The molecule has 2 heterocycles. The number of benzene rings is 2. The number of thiazole rings is 1. The van der Waals surface area contributed by atoms with Gasteiger partial charge in [-0.15, -0.1) is 11.3 Å². The molecule has 0 saturated carbocycles. The van der Waals surface area contributed by atoms with Crippen LogP contribution in [0.3, 0.4) is 0 Å². The molecular formula is C23H20N4O5S. The first-order valence-corrected chi connectivity index (χ1v) is 10.7. The third-order valence-corrected chi connectivity index (χ3v) is 5.83. The highest BCUT2D eigenvalue weighted by molar-refractivity contribution is 7.19. The Morgan fingerprint density at radius 2 is 1.76 bits per heavy atom. The molecule has 168 valence electrons. The molecule has 0 aliphatic rings. The van der Waals surface area contributed by atoms with E-state index in [0.717, 1.165) is 15.3 Å². The van der Waals surface area contributed by atoms with Crippen LogP contribution < -0.4 is 15.6 Å². The average Bonchev–Trinajstić information content (AvgIpc) is 3.23. The molecule has 0 fully saturated rings. The number of carbonyl (C=O) groups is 2. The largest absolute Gasteiger partial charge is 0.497 e. The van der Waals surface area contributed by atoms with Gasteiger partial charge in [0.15, 0.2) is 5.52 Å². The van der Waals surface area contributed by atoms with Crippen molar-refractivity contribution in [2.75, 3.05) is 19.5 Å². The number of aromatic nitrogens is 3. The van der Waals surface area contributed by atoms with Crippen LogP contribution in [0.15, 0.2) is 53.3 Å². The molecule has 2 aromatic carbocycles. The van der Waals surface area contributed by atoms with Gasteiger partial charge in [-0.1, -0.05) is 0 Å². The highest BCUT2D eigenvalue weighted by atomic mass is 32.1. The fourth-order valence-corrected chi connectivity index (χ4v) is 4.17. The second-order valence-corrected chi connectivity index (χ2v) is 8.27. The van der Waals surface area contributed by atoms with Crippen LogP contribution in [0, 0.1) is 6.92 Å². The molecule has 1 amide bonds. The number of nitrogens with zero attached hydrogens (tertiary/aromatic N) is 3. The molecule has 1 N–H and O–H groups in total. The number of methoxy groups -OCH3 is 2. The van der Waals surface area contributed by atoms with Gasteiger partial charge in [0.1, 0.15) is 18.0 Å². The van der Waals surface area contributed by atoms with Crippen molar-refractivity contribution in [1.82, 2.24) is 14.8 Å². The lowest BCUT2D eigenvalue weighted by Gasteiger charge is -2.10. The van der Waals surface area contributed by atoms with Gasteiger partial charge in [0, 0.05) is 11.3 Å². The number of hydrogen-bond acceptors (Lipinski definition) is 8. The lowest BCUT2D eigenvalue weighted by atomic mass is 10.1. The van der Waals surface area contributed by atoms with Gasteiger partial charge in [-0.25, -0.2) is 14.5 Å². The van der Waals surface area contributed by atoms with E-state index in [2.05, 4.69) is 20.1 Å². The van der Waals surface area contributed by atoms with Crippen molar-refractivity contribution in [3.05, 3.63) is 69.5 Å². The van der Waals surface area contributed by atoms with Gasteiger partial charge in [0.2, 0.25) is 5.91 Å². The Balaban J connectivity index is 1.64. The van der Waals surface area contributed by atoms with E-state index in [-0.39, 0.29) is 12.1 Å². The number of nitrogens with one attached hydrogen (secondary N) is 1. The third kappa shape index (κ3) is 4.60. The third-order valence-electron chi connectivity index (χ3n) is 4.85. The zero-order chi connectivity index (χ0) is 23.5. The number of carbonyl (C=O) groups excluding carboxylic acids is 2. The summed E-state index contributed by atoms with van der Waals surface area (Å²) in [5.74, 6) is -0.217. The summed E-state index contributed by atoms with van der Waals surface area (Å²) in [5.41, 5.74) is 2.00. The number of amides is 1. The minimum atomic E-state index is -0.471. The molecule has 0 saturated heterocycles. The molecule has 0 radical (unpaired) electrons. The zero-order valence-electron chi connectivity index (χ0n) is 18.1. The van der Waals surface area contributed by atoms with Gasteiger partial charge in [-0.2, -0.15) is 5.10 Å². The Morgan fingerprint density at radius 1 is 1.06 bits per heavy atom. The Labute approximate surface area is 192 Å². The van der Waals surface area contributed by atoms with E-state index >= 15 is 0 Å². The lowest BCUT2D eigenvalue weighted by molar-refractivity contribution is -0.117. The Morgan fingerprint density at radius 3 is 2.39 bits per heavy atom. The van der Waals surface area contributed by atoms with Crippen LogP contribution in [0.25, 0.3) is 21.5 Å². The molecule has 0 spiro atoms. The van der Waals surface area contributed by atoms with Crippen LogP contribution in [0.2, 0.25) is 0 Å². The monoisotopic (exact) mass is 464 g/mol. The standard InChI is InChI=1S/C23H20N4O5S/c1-13-24-20-21(33-13)19(14-6-10-17(31-2)11-7-14)26-27(22(20)29)12-18(28)25-16-8-4-15(5-9-16)23(30)32-3/h4-11H,12H2,1-3H3,(H,25,28). The van der Waals surface area contributed by atoms with Gasteiger partial charge in [0.25, 0.3) is 5.56 Å². The zero-order valence-corrected chi connectivity index (χ0v) is 18.9. The smallest absolute Gasteiger partial charge is 0.337 e. The lowest BCUT2D eigenvalue weighted by Crippen LogP contribution is -2.30. The van der Waals surface area contributed by atoms with E-state index in [1.165, 1.54) is 30.6 Å². The summed E-state index contributed by atoms with van der Waals surface area (Å²) in [6.45, 7) is 1.52. The van der Waals surface area contributed by atoms with Gasteiger partial charge in [0.05, 0.1) is 29.5 Å². The molecule has 4 aromatic rings. The number of hydrogen-bond donors (Lipinski definition) is 1. The van der Waals surface area contributed by atoms with Crippen molar-refractivity contribution in [3.63, 3.8) is 0 Å². The van der Waals surface area contributed by atoms with Crippen molar-refractivity contribution in [1.29, 1.82) is 0 Å². The van der Waals surface area contributed by atoms with Crippen LogP contribution in [0.5, 0.6) is 5.75 Å². The van der Waals surface area contributed by atoms with E-state index in [4.69, 9.17) is 4.74 Å². The van der Waals surface area contributed by atoms with Crippen LogP contribution in [-0.4, -0.2) is 40.9 Å². The Hall–Kier alpha value is -4.05. The molecule has 0 unspecified atom stereocenters. The minimum Gasteiger partial charge on any atom is -0.497 e. The molecular weight excluding hydrogens is 444 g/mol. The molecule has 0 aliphatic carbocycles. The van der Waals surface area contributed by atoms with E-state index in [9.17, 15) is 14.4 Å². The number of esters is 1. The van der Waals surface area contributed by atoms with Crippen molar-refractivity contribution >= 4 is 39.1 Å². The maximum Gasteiger partial charge on any atom is 0.337 e. The molecule has 0 atom stereocenters. The molecule has 0 bridgehead atoms. The van der Waals surface area contributed by atoms with Crippen LogP contribution in [-0.2, 0) is 16.1 Å². The number of ether oxygens (including phenoxy) is 2. The SMILES string of the molecule is COC(=O)c1ccc(NC(=O)Cn2nc(-c3ccc(OC)cc3)c3sc(C)nc3c2=O)cc1. The van der Waals surface area contributed by atoms with E-state index in [1.807, 2.05) is 19.1 Å². The summed E-state index contributed by atoms with van der Waals surface area (Å²) in [7, 11) is 2.88. The Kier molecular flexibility index (Phi) is 6.18. The number of anilines is 1. The summed E-state index contributed by atoms with van der Waals surface area (Å²) in [6, 6.07) is 13.5. The second-order valence-electron chi connectivity index (χ2n) is 7.07. The summed E-state index contributed by atoms with van der Waals surface area (Å²) in [5, 5.41) is 7.91. The second kappa shape index (κ2) is 9.21. The molecule has 4 rings (SSSR count). The molecule has 33 heavy (non-hydrogen) atoms. The maximum absolute atomic E-state index is 13.0.